The number of benzene rings is 1. The van der Waals surface area contributed by atoms with Crippen molar-refractivity contribution in [3.63, 3.8) is 0 Å². The van der Waals surface area contributed by atoms with E-state index in [1.54, 1.807) is 7.11 Å². The number of allylic oxidation sites excluding steroid dienone is 1. The first-order chi connectivity index (χ1) is 11.1. The fourth-order valence-electron chi connectivity index (χ4n) is 2.49. The lowest BCUT2D eigenvalue weighted by molar-refractivity contribution is -0.139. The molecule has 1 aromatic rings. The summed E-state index contributed by atoms with van der Waals surface area (Å²) in [6.45, 7) is 4.29. The largest absolute Gasteiger partial charge is 0.496 e. The van der Waals surface area contributed by atoms with Gasteiger partial charge in [0, 0.05) is 11.3 Å². The molecular formula is C17H22N2O3S. The van der Waals surface area contributed by atoms with Crippen molar-refractivity contribution in [2.75, 3.05) is 13.7 Å². The van der Waals surface area contributed by atoms with Crippen molar-refractivity contribution in [2.24, 2.45) is 0 Å². The lowest BCUT2D eigenvalue weighted by atomic mass is 9.95. The molecule has 0 amide bonds. The van der Waals surface area contributed by atoms with Gasteiger partial charge in [-0.1, -0.05) is 31.5 Å². The Bertz CT molecular complexity index is 628. The molecule has 0 saturated carbocycles. The van der Waals surface area contributed by atoms with Crippen LogP contribution in [0.4, 0.5) is 0 Å². The van der Waals surface area contributed by atoms with E-state index in [4.69, 9.17) is 21.7 Å². The summed E-state index contributed by atoms with van der Waals surface area (Å²) in [6.07, 6.45) is 1.82. The van der Waals surface area contributed by atoms with Gasteiger partial charge in [0.05, 0.1) is 25.3 Å². The van der Waals surface area contributed by atoms with Gasteiger partial charge < -0.3 is 20.1 Å². The number of hydrogen-bond acceptors (Lipinski definition) is 4. The zero-order valence-electron chi connectivity index (χ0n) is 13.6. The van der Waals surface area contributed by atoms with Gasteiger partial charge in [-0.2, -0.15) is 0 Å². The van der Waals surface area contributed by atoms with E-state index in [0.717, 1.165) is 18.4 Å². The molecule has 5 nitrogen and oxygen atoms in total. The quantitative estimate of drug-likeness (QED) is 0.474. The van der Waals surface area contributed by atoms with Crippen molar-refractivity contribution >= 4 is 23.3 Å². The number of rotatable bonds is 6. The number of nitrogens with one attached hydrogen (secondary N) is 2. The third-order valence-electron chi connectivity index (χ3n) is 3.67. The fraction of sp³-hybridized carbons (Fsp3) is 0.412. The van der Waals surface area contributed by atoms with Gasteiger partial charge in [0.1, 0.15) is 5.75 Å². The topological polar surface area (TPSA) is 59.6 Å². The summed E-state index contributed by atoms with van der Waals surface area (Å²) in [7, 11) is 1.61. The van der Waals surface area contributed by atoms with Crippen LogP contribution in [-0.4, -0.2) is 24.8 Å². The normalized spacial score (nSPS) is 17.3. The number of carbonyl (C=O) groups excluding carboxylic acids is 1. The highest BCUT2D eigenvalue weighted by Crippen LogP contribution is 2.33. The van der Waals surface area contributed by atoms with Crippen LogP contribution in [-0.2, 0) is 9.53 Å². The van der Waals surface area contributed by atoms with Crippen LogP contribution in [0.5, 0.6) is 5.75 Å². The van der Waals surface area contributed by atoms with Crippen molar-refractivity contribution in [3.05, 3.63) is 41.1 Å². The van der Waals surface area contributed by atoms with Crippen LogP contribution in [0.1, 0.15) is 38.3 Å². The van der Waals surface area contributed by atoms with Gasteiger partial charge in [-0.25, -0.2) is 4.79 Å². The van der Waals surface area contributed by atoms with Crippen LogP contribution in [0, 0.1) is 0 Å². The first kappa shape index (κ1) is 17.3. The maximum absolute atomic E-state index is 12.5. The molecule has 1 heterocycles. The maximum Gasteiger partial charge on any atom is 0.338 e. The molecule has 1 aromatic carbocycles. The van der Waals surface area contributed by atoms with Crippen molar-refractivity contribution in [1.82, 2.24) is 10.6 Å². The Kier molecular flexibility index (Phi) is 5.98. The summed E-state index contributed by atoms with van der Waals surface area (Å²) in [5.41, 5.74) is 2.07. The van der Waals surface area contributed by atoms with E-state index in [9.17, 15) is 4.79 Å². The average Bonchev–Trinajstić information content (AvgIpc) is 2.54. The van der Waals surface area contributed by atoms with Crippen LogP contribution in [0.15, 0.2) is 35.5 Å². The Morgan fingerprint density at radius 1 is 1.35 bits per heavy atom. The van der Waals surface area contributed by atoms with Crippen molar-refractivity contribution in [2.45, 2.75) is 32.7 Å². The number of thiocarbonyl (C=S) groups is 1. The Morgan fingerprint density at radius 3 is 2.78 bits per heavy atom. The number of esters is 1. The lowest BCUT2D eigenvalue weighted by Gasteiger charge is -2.30. The Hall–Kier alpha value is -2.08. The van der Waals surface area contributed by atoms with Crippen LogP contribution >= 0.6 is 12.2 Å². The second-order valence-electron chi connectivity index (χ2n) is 5.30. The minimum absolute atomic E-state index is 0.339. The minimum atomic E-state index is -0.394. The van der Waals surface area contributed by atoms with Gasteiger partial charge in [-0.3, -0.25) is 0 Å². The number of ether oxygens (including phenoxy) is 2. The van der Waals surface area contributed by atoms with Gasteiger partial charge in [0.15, 0.2) is 5.11 Å². The van der Waals surface area contributed by atoms with E-state index >= 15 is 0 Å². The third-order valence-corrected chi connectivity index (χ3v) is 3.89. The van der Waals surface area contributed by atoms with Crippen LogP contribution in [0.3, 0.4) is 0 Å². The van der Waals surface area contributed by atoms with E-state index in [1.165, 1.54) is 0 Å². The molecule has 0 unspecified atom stereocenters. The number of methoxy groups -OCH3 is 1. The molecule has 0 aromatic heterocycles. The number of unbranched alkanes of at least 4 members (excludes halogenated alkanes) is 1. The van der Waals surface area contributed by atoms with Gasteiger partial charge >= 0.3 is 5.97 Å². The summed E-state index contributed by atoms with van der Waals surface area (Å²) in [5, 5.41) is 6.61. The highest BCUT2D eigenvalue weighted by atomic mass is 32.1. The smallest absolute Gasteiger partial charge is 0.338 e. The first-order valence-corrected chi connectivity index (χ1v) is 8.07. The first-order valence-electron chi connectivity index (χ1n) is 7.66. The van der Waals surface area contributed by atoms with Gasteiger partial charge in [-0.15, -0.1) is 0 Å². The predicted octanol–water partition coefficient (Wildman–Crippen LogP) is 2.83. The molecule has 124 valence electrons. The summed E-state index contributed by atoms with van der Waals surface area (Å²) >= 11 is 5.24. The maximum atomic E-state index is 12.5. The Balaban J connectivity index is 2.36. The molecule has 23 heavy (non-hydrogen) atoms. The zero-order chi connectivity index (χ0) is 16.8. The molecule has 1 aliphatic heterocycles. The molecule has 0 fully saturated rings. The van der Waals surface area contributed by atoms with Crippen molar-refractivity contribution < 1.29 is 14.3 Å². The van der Waals surface area contributed by atoms with Gasteiger partial charge in [-0.05, 0) is 31.6 Å². The SMILES string of the molecule is CCCCOC(=O)C1=C(C)NC(=S)N[C@@H]1c1ccccc1OC. The Morgan fingerprint density at radius 2 is 2.09 bits per heavy atom. The molecule has 0 aliphatic carbocycles. The fourth-order valence-corrected chi connectivity index (χ4v) is 2.76. The monoisotopic (exact) mass is 334 g/mol. The lowest BCUT2D eigenvalue weighted by Crippen LogP contribution is -2.45. The van der Waals surface area contributed by atoms with E-state index < -0.39 is 6.04 Å². The van der Waals surface area contributed by atoms with Gasteiger partial charge in [0.25, 0.3) is 0 Å². The van der Waals surface area contributed by atoms with E-state index in [0.29, 0.717) is 28.7 Å². The van der Waals surface area contributed by atoms with Crippen molar-refractivity contribution in [1.29, 1.82) is 0 Å². The molecule has 2 rings (SSSR count). The minimum Gasteiger partial charge on any atom is -0.496 e. The van der Waals surface area contributed by atoms with Crippen molar-refractivity contribution in [3.8, 4) is 5.75 Å². The van der Waals surface area contributed by atoms with E-state index in [2.05, 4.69) is 17.6 Å². The summed E-state index contributed by atoms with van der Waals surface area (Å²) < 4.78 is 10.8. The molecule has 0 bridgehead atoms. The predicted molar refractivity (Wildman–Crippen MR) is 93.2 cm³/mol. The average molecular weight is 334 g/mol. The molecule has 0 spiro atoms. The van der Waals surface area contributed by atoms with Crippen LogP contribution in [0.25, 0.3) is 0 Å². The summed E-state index contributed by atoms with van der Waals surface area (Å²) in [6, 6.07) is 7.17. The second kappa shape index (κ2) is 7.97. The van der Waals surface area contributed by atoms with E-state index in [1.807, 2.05) is 31.2 Å². The molecule has 2 N–H and O–H groups in total. The van der Waals surface area contributed by atoms with Crippen LogP contribution < -0.4 is 15.4 Å². The summed E-state index contributed by atoms with van der Waals surface area (Å²) in [4.78, 5) is 12.5. The highest BCUT2D eigenvalue weighted by Gasteiger charge is 2.32. The molecule has 1 atom stereocenters. The second-order valence-corrected chi connectivity index (χ2v) is 5.71. The number of para-hydroxylation sites is 1. The third kappa shape index (κ3) is 4.01. The van der Waals surface area contributed by atoms with E-state index in [-0.39, 0.29) is 5.97 Å². The Labute approximate surface area is 142 Å². The molecule has 0 saturated heterocycles. The highest BCUT2D eigenvalue weighted by molar-refractivity contribution is 7.80. The number of hydrogen-bond donors (Lipinski definition) is 2. The standard InChI is InChI=1S/C17H22N2O3S/c1-4-5-10-22-16(20)14-11(2)18-17(23)19-15(14)12-8-6-7-9-13(12)21-3/h6-9,15H,4-5,10H2,1-3H3,(H2,18,19,23)/t15-/m1/s1. The molecule has 6 heteroatoms. The molecule has 1 aliphatic rings. The van der Waals surface area contributed by atoms with Crippen LogP contribution in [0.2, 0.25) is 0 Å². The molecular weight excluding hydrogens is 312 g/mol. The number of carbonyl (C=O) groups is 1. The molecule has 0 radical (unpaired) electrons. The van der Waals surface area contributed by atoms with Gasteiger partial charge in [0.2, 0.25) is 0 Å². The summed E-state index contributed by atoms with van der Waals surface area (Å²) in [5.74, 6) is 0.357. The zero-order valence-corrected chi connectivity index (χ0v) is 14.5.